The molecular formula is C10H11BrFNO. The normalized spacial score (nSPS) is 19.1. The van der Waals surface area contributed by atoms with E-state index in [2.05, 4.69) is 21.2 Å². The Balaban J connectivity index is 2.13. The Labute approximate surface area is 90.3 Å². The molecule has 2 rings (SSSR count). The first kappa shape index (κ1) is 10.1. The second-order valence-corrected chi connectivity index (χ2v) is 4.61. The smallest absolute Gasteiger partial charge is 0.137 e. The van der Waals surface area contributed by atoms with E-state index in [4.69, 9.17) is 0 Å². The molecule has 14 heavy (non-hydrogen) atoms. The standard InChI is InChI=1S/C10H11BrFNO/c11-8-3-7(1-2-9(8)12)4-10(14)5-13-6-10/h1-3,13-14H,4-6H2. The minimum atomic E-state index is -0.642. The third-order valence-electron chi connectivity index (χ3n) is 2.43. The summed E-state index contributed by atoms with van der Waals surface area (Å²) in [6, 6.07) is 4.83. The van der Waals surface area contributed by atoms with Crippen LogP contribution >= 0.6 is 15.9 Å². The van der Waals surface area contributed by atoms with Gasteiger partial charge in [-0.15, -0.1) is 0 Å². The third-order valence-corrected chi connectivity index (χ3v) is 3.03. The zero-order valence-corrected chi connectivity index (χ0v) is 9.14. The Hall–Kier alpha value is -0.450. The molecule has 1 aromatic carbocycles. The van der Waals surface area contributed by atoms with Gasteiger partial charge in [-0.2, -0.15) is 0 Å². The monoisotopic (exact) mass is 259 g/mol. The van der Waals surface area contributed by atoms with E-state index in [1.807, 2.05) is 0 Å². The highest BCUT2D eigenvalue weighted by Crippen LogP contribution is 2.22. The highest BCUT2D eigenvalue weighted by atomic mass is 79.9. The molecule has 0 aromatic heterocycles. The molecule has 2 nitrogen and oxygen atoms in total. The van der Waals surface area contributed by atoms with Crippen molar-refractivity contribution in [3.8, 4) is 0 Å². The molecule has 4 heteroatoms. The molecule has 0 unspecified atom stereocenters. The number of benzene rings is 1. The Morgan fingerprint density at radius 2 is 2.21 bits per heavy atom. The van der Waals surface area contributed by atoms with Crippen molar-refractivity contribution in [1.82, 2.24) is 5.32 Å². The number of halogens is 2. The summed E-state index contributed by atoms with van der Waals surface area (Å²) in [4.78, 5) is 0. The van der Waals surface area contributed by atoms with Crippen molar-refractivity contribution in [2.45, 2.75) is 12.0 Å². The summed E-state index contributed by atoms with van der Waals surface area (Å²) in [6.07, 6.45) is 0.568. The van der Waals surface area contributed by atoms with Gasteiger partial charge in [0.25, 0.3) is 0 Å². The van der Waals surface area contributed by atoms with Crippen molar-refractivity contribution in [3.63, 3.8) is 0 Å². The van der Waals surface area contributed by atoms with Crippen LogP contribution in [0.15, 0.2) is 22.7 Å². The van der Waals surface area contributed by atoms with Gasteiger partial charge in [0.05, 0.1) is 10.1 Å². The fourth-order valence-corrected chi connectivity index (χ4v) is 1.99. The lowest BCUT2D eigenvalue weighted by Gasteiger charge is -2.37. The van der Waals surface area contributed by atoms with Gasteiger partial charge in [-0.25, -0.2) is 4.39 Å². The van der Waals surface area contributed by atoms with Gasteiger partial charge in [-0.05, 0) is 33.6 Å². The first-order valence-corrected chi connectivity index (χ1v) is 5.25. The minimum absolute atomic E-state index is 0.271. The molecule has 0 saturated carbocycles. The van der Waals surface area contributed by atoms with E-state index in [0.717, 1.165) is 5.56 Å². The summed E-state index contributed by atoms with van der Waals surface area (Å²) in [5, 5.41) is 12.9. The third kappa shape index (κ3) is 1.97. The molecule has 2 N–H and O–H groups in total. The Bertz CT molecular complexity index is 352. The first-order valence-electron chi connectivity index (χ1n) is 4.46. The summed E-state index contributed by atoms with van der Waals surface area (Å²) in [6.45, 7) is 1.23. The van der Waals surface area contributed by atoms with Crippen molar-refractivity contribution in [1.29, 1.82) is 0 Å². The van der Waals surface area contributed by atoms with Crippen molar-refractivity contribution < 1.29 is 9.50 Å². The average molecular weight is 260 g/mol. The van der Waals surface area contributed by atoms with E-state index in [-0.39, 0.29) is 5.82 Å². The van der Waals surface area contributed by atoms with Crippen molar-refractivity contribution in [2.75, 3.05) is 13.1 Å². The molecule has 76 valence electrons. The Kier molecular flexibility index (Phi) is 2.60. The van der Waals surface area contributed by atoms with E-state index in [1.54, 1.807) is 12.1 Å². The molecule has 0 spiro atoms. The van der Waals surface area contributed by atoms with Gasteiger partial charge in [0, 0.05) is 19.5 Å². The Morgan fingerprint density at radius 1 is 1.50 bits per heavy atom. The van der Waals surface area contributed by atoms with Gasteiger partial charge >= 0.3 is 0 Å². The maximum absolute atomic E-state index is 12.9. The molecule has 0 atom stereocenters. The van der Waals surface area contributed by atoms with Gasteiger partial charge in [0.15, 0.2) is 0 Å². The number of aliphatic hydroxyl groups is 1. The van der Waals surface area contributed by atoms with Crippen LogP contribution in [0, 0.1) is 5.82 Å². The molecule has 1 aliphatic rings. The van der Waals surface area contributed by atoms with Crippen LogP contribution in [0.1, 0.15) is 5.56 Å². The largest absolute Gasteiger partial charge is 0.387 e. The molecular weight excluding hydrogens is 249 g/mol. The van der Waals surface area contributed by atoms with Crippen LogP contribution in [-0.2, 0) is 6.42 Å². The first-order chi connectivity index (χ1) is 6.59. The maximum Gasteiger partial charge on any atom is 0.137 e. The zero-order valence-electron chi connectivity index (χ0n) is 7.56. The number of hydrogen-bond donors (Lipinski definition) is 2. The fourth-order valence-electron chi connectivity index (χ4n) is 1.57. The van der Waals surface area contributed by atoms with Crippen LogP contribution in [0.5, 0.6) is 0 Å². The molecule has 0 aliphatic carbocycles. The van der Waals surface area contributed by atoms with E-state index < -0.39 is 5.60 Å². The lowest BCUT2D eigenvalue weighted by molar-refractivity contribution is -0.00904. The van der Waals surface area contributed by atoms with Crippen LogP contribution in [0.2, 0.25) is 0 Å². The van der Waals surface area contributed by atoms with Crippen molar-refractivity contribution >= 4 is 15.9 Å². The summed E-state index contributed by atoms with van der Waals surface area (Å²) in [5.74, 6) is -0.271. The molecule has 1 aliphatic heterocycles. The second-order valence-electron chi connectivity index (χ2n) is 3.75. The lowest BCUT2D eigenvalue weighted by Crippen LogP contribution is -2.60. The summed E-state index contributed by atoms with van der Waals surface area (Å²) < 4.78 is 13.4. The van der Waals surface area contributed by atoms with E-state index in [9.17, 15) is 9.50 Å². The SMILES string of the molecule is OC1(Cc2ccc(F)c(Br)c2)CNC1. The molecule has 0 amide bonds. The zero-order chi connectivity index (χ0) is 10.2. The molecule has 1 saturated heterocycles. The van der Waals surface area contributed by atoms with Gasteiger partial charge in [-0.3, -0.25) is 0 Å². The topological polar surface area (TPSA) is 32.3 Å². The van der Waals surface area contributed by atoms with Crippen molar-refractivity contribution in [2.24, 2.45) is 0 Å². The summed E-state index contributed by atoms with van der Waals surface area (Å²) in [7, 11) is 0. The van der Waals surface area contributed by atoms with Gasteiger partial charge in [0.1, 0.15) is 5.82 Å². The van der Waals surface area contributed by atoms with Gasteiger partial charge in [-0.1, -0.05) is 6.07 Å². The quantitative estimate of drug-likeness (QED) is 0.843. The van der Waals surface area contributed by atoms with Crippen LogP contribution < -0.4 is 5.32 Å². The van der Waals surface area contributed by atoms with Crippen LogP contribution in [0.3, 0.4) is 0 Å². The molecule has 1 aromatic rings. The fraction of sp³-hybridized carbons (Fsp3) is 0.400. The highest BCUT2D eigenvalue weighted by molar-refractivity contribution is 9.10. The van der Waals surface area contributed by atoms with Crippen LogP contribution in [-0.4, -0.2) is 23.8 Å². The molecule has 0 radical (unpaired) electrons. The second kappa shape index (κ2) is 3.61. The predicted molar refractivity (Wildman–Crippen MR) is 55.6 cm³/mol. The van der Waals surface area contributed by atoms with E-state index >= 15 is 0 Å². The highest BCUT2D eigenvalue weighted by Gasteiger charge is 2.34. The average Bonchev–Trinajstić information content (AvgIpc) is 2.09. The molecule has 0 bridgehead atoms. The van der Waals surface area contributed by atoms with Gasteiger partial charge < -0.3 is 10.4 Å². The molecule has 1 heterocycles. The van der Waals surface area contributed by atoms with Crippen LogP contribution in [0.4, 0.5) is 4.39 Å². The summed E-state index contributed by atoms with van der Waals surface area (Å²) >= 11 is 3.12. The Morgan fingerprint density at radius 3 is 2.71 bits per heavy atom. The van der Waals surface area contributed by atoms with Crippen molar-refractivity contribution in [3.05, 3.63) is 34.1 Å². The van der Waals surface area contributed by atoms with Gasteiger partial charge in [0.2, 0.25) is 0 Å². The number of rotatable bonds is 2. The van der Waals surface area contributed by atoms with E-state index in [0.29, 0.717) is 24.0 Å². The van der Waals surface area contributed by atoms with Crippen LogP contribution in [0.25, 0.3) is 0 Å². The maximum atomic E-state index is 12.9. The minimum Gasteiger partial charge on any atom is -0.387 e. The number of nitrogens with one attached hydrogen (secondary N) is 1. The lowest BCUT2D eigenvalue weighted by atomic mass is 9.89. The number of hydrogen-bond acceptors (Lipinski definition) is 2. The van der Waals surface area contributed by atoms with E-state index in [1.165, 1.54) is 6.07 Å². The predicted octanol–water partition coefficient (Wildman–Crippen LogP) is 1.46. The molecule has 1 fully saturated rings. The number of β-amino-alcohol motifs (C(OH)–C–C–N with tert-alkyl or cyclic N) is 1. The summed E-state index contributed by atoms with van der Waals surface area (Å²) in [5.41, 5.74) is 0.305.